The van der Waals surface area contributed by atoms with Crippen molar-refractivity contribution in [2.24, 2.45) is 0 Å². The molecule has 0 radical (unpaired) electrons. The minimum atomic E-state index is -0.362. The minimum Gasteiger partial charge on any atom is -0.244 e. The third-order valence-electron chi connectivity index (χ3n) is 2.62. The lowest BCUT2D eigenvalue weighted by atomic mass is 9.87. The van der Waals surface area contributed by atoms with Gasteiger partial charge < -0.3 is 0 Å². The second-order valence-electron chi connectivity index (χ2n) is 3.55. The van der Waals surface area contributed by atoms with Crippen LogP contribution in [0, 0.1) is 0 Å². The van der Waals surface area contributed by atoms with Crippen LogP contribution in [-0.4, -0.2) is 15.2 Å². The third-order valence-corrected chi connectivity index (χ3v) is 2.62. The van der Waals surface area contributed by atoms with Gasteiger partial charge in [0.05, 0.1) is 11.9 Å². The molecule has 0 aromatic carbocycles. The molecule has 13 heavy (non-hydrogen) atoms. The number of nitrogens with zero attached hydrogens (tertiary/aromatic N) is 2. The molecule has 2 rings (SSSR count). The summed E-state index contributed by atoms with van der Waals surface area (Å²) < 4.78 is 0. The van der Waals surface area contributed by atoms with Crippen LogP contribution < -0.4 is 5.69 Å². The molecule has 0 amide bonds. The van der Waals surface area contributed by atoms with Crippen molar-refractivity contribution in [2.45, 2.75) is 38.0 Å². The monoisotopic (exact) mass is 179 g/mol. The fraction of sp³-hybridized carbons (Fsp3) is 0.667. The quantitative estimate of drug-likeness (QED) is 0.705. The van der Waals surface area contributed by atoms with E-state index in [1.807, 2.05) is 0 Å². The molecule has 4 nitrogen and oxygen atoms in total. The van der Waals surface area contributed by atoms with Crippen molar-refractivity contribution in [2.75, 3.05) is 0 Å². The Bertz CT molecular complexity index is 307. The summed E-state index contributed by atoms with van der Waals surface area (Å²) in [4.78, 5) is 14.4. The highest BCUT2D eigenvalue weighted by Gasteiger charge is 2.16. The average molecular weight is 179 g/mol. The van der Waals surface area contributed by atoms with Crippen LogP contribution in [0.2, 0.25) is 0 Å². The summed E-state index contributed by atoms with van der Waals surface area (Å²) in [6.45, 7) is 0. The van der Waals surface area contributed by atoms with Gasteiger partial charge in [0.2, 0.25) is 0 Å². The van der Waals surface area contributed by atoms with Crippen LogP contribution in [0.5, 0.6) is 0 Å². The van der Waals surface area contributed by atoms with Crippen molar-refractivity contribution in [3.05, 3.63) is 22.4 Å². The van der Waals surface area contributed by atoms with E-state index in [1.54, 1.807) is 6.20 Å². The molecule has 1 aliphatic rings. The second-order valence-corrected chi connectivity index (χ2v) is 3.55. The molecule has 0 atom stereocenters. The summed E-state index contributed by atoms with van der Waals surface area (Å²) in [5, 5.41) is 6.38. The van der Waals surface area contributed by atoms with Crippen LogP contribution in [0.3, 0.4) is 0 Å². The molecular weight excluding hydrogens is 166 g/mol. The first-order valence-electron chi connectivity index (χ1n) is 4.78. The summed E-state index contributed by atoms with van der Waals surface area (Å²) in [6.07, 6.45) is 7.83. The van der Waals surface area contributed by atoms with Gasteiger partial charge in [0.15, 0.2) is 0 Å². The summed E-state index contributed by atoms with van der Waals surface area (Å²) in [7, 11) is 0. The molecule has 1 aromatic rings. The number of rotatable bonds is 1. The average Bonchev–Trinajstić information content (AvgIpc) is 2.20. The largest absolute Gasteiger partial charge is 0.361 e. The van der Waals surface area contributed by atoms with Gasteiger partial charge in [-0.3, -0.25) is 0 Å². The van der Waals surface area contributed by atoms with Crippen LogP contribution >= 0.6 is 0 Å². The highest BCUT2D eigenvalue weighted by atomic mass is 16.1. The molecule has 1 fully saturated rings. The Hall–Kier alpha value is -1.19. The molecule has 1 heterocycles. The predicted molar refractivity (Wildman–Crippen MR) is 48.5 cm³/mol. The van der Waals surface area contributed by atoms with Crippen LogP contribution in [0.25, 0.3) is 0 Å². The molecule has 0 unspecified atom stereocenters. The Kier molecular flexibility index (Phi) is 2.38. The van der Waals surface area contributed by atoms with Crippen LogP contribution in [0.15, 0.2) is 11.0 Å². The smallest absolute Gasteiger partial charge is 0.244 e. The Morgan fingerprint density at radius 3 is 2.69 bits per heavy atom. The highest BCUT2D eigenvalue weighted by molar-refractivity contribution is 5.01. The molecule has 0 saturated heterocycles. The summed E-state index contributed by atoms with van der Waals surface area (Å²) in [6, 6.07) is 0. The Morgan fingerprint density at radius 2 is 2.08 bits per heavy atom. The predicted octanol–water partition coefficient (Wildman–Crippen LogP) is 1.21. The number of hydrogen-bond donors (Lipinski definition) is 1. The highest BCUT2D eigenvalue weighted by Crippen LogP contribution is 2.30. The zero-order valence-electron chi connectivity index (χ0n) is 7.49. The number of aromatic nitrogens is 3. The van der Waals surface area contributed by atoms with Gasteiger partial charge >= 0.3 is 5.69 Å². The number of H-pyrrole nitrogens is 1. The third kappa shape index (κ3) is 1.94. The second kappa shape index (κ2) is 3.68. The Balaban J connectivity index is 2.14. The molecule has 70 valence electrons. The Morgan fingerprint density at radius 1 is 1.31 bits per heavy atom. The van der Waals surface area contributed by atoms with Crippen molar-refractivity contribution >= 4 is 0 Å². The van der Waals surface area contributed by atoms with Crippen molar-refractivity contribution in [3.63, 3.8) is 0 Å². The maximum atomic E-state index is 10.7. The van der Waals surface area contributed by atoms with E-state index < -0.39 is 0 Å². The van der Waals surface area contributed by atoms with Crippen molar-refractivity contribution in [1.29, 1.82) is 0 Å². The topological polar surface area (TPSA) is 58.6 Å². The normalized spacial score (nSPS) is 18.8. The Labute approximate surface area is 76.4 Å². The first-order valence-corrected chi connectivity index (χ1v) is 4.78. The zero-order chi connectivity index (χ0) is 9.10. The van der Waals surface area contributed by atoms with E-state index in [1.165, 1.54) is 32.1 Å². The summed E-state index contributed by atoms with van der Waals surface area (Å²) >= 11 is 0. The van der Waals surface area contributed by atoms with Gasteiger partial charge in [0.25, 0.3) is 0 Å². The summed E-state index contributed by atoms with van der Waals surface area (Å²) in [5.41, 5.74) is 0.582. The first kappa shape index (κ1) is 8.41. The van der Waals surface area contributed by atoms with Crippen LogP contribution in [-0.2, 0) is 0 Å². The van der Waals surface area contributed by atoms with E-state index >= 15 is 0 Å². The molecular formula is C9H13N3O. The fourth-order valence-electron chi connectivity index (χ4n) is 1.89. The molecule has 0 spiro atoms. The number of aromatic amines is 1. The minimum absolute atomic E-state index is 0.362. The van der Waals surface area contributed by atoms with Gasteiger partial charge in [-0.1, -0.05) is 19.3 Å². The van der Waals surface area contributed by atoms with Crippen molar-refractivity contribution in [1.82, 2.24) is 15.2 Å². The van der Waals surface area contributed by atoms with Crippen LogP contribution in [0.4, 0.5) is 0 Å². The molecule has 1 aromatic heterocycles. The van der Waals surface area contributed by atoms with Crippen LogP contribution in [0.1, 0.15) is 43.7 Å². The van der Waals surface area contributed by atoms with E-state index in [4.69, 9.17) is 0 Å². The van der Waals surface area contributed by atoms with Gasteiger partial charge in [0.1, 0.15) is 0 Å². The van der Waals surface area contributed by atoms with E-state index in [9.17, 15) is 4.79 Å². The van der Waals surface area contributed by atoms with Gasteiger partial charge in [-0.25, -0.2) is 9.89 Å². The lowest BCUT2D eigenvalue weighted by molar-refractivity contribution is 0.432. The van der Waals surface area contributed by atoms with Gasteiger partial charge in [-0.15, -0.1) is 0 Å². The van der Waals surface area contributed by atoms with Crippen molar-refractivity contribution in [3.8, 4) is 0 Å². The molecule has 1 aliphatic carbocycles. The first-order chi connectivity index (χ1) is 6.36. The summed E-state index contributed by atoms with van der Waals surface area (Å²) in [5.74, 6) is 0.512. The van der Waals surface area contributed by atoms with Crippen molar-refractivity contribution < 1.29 is 0 Å². The lowest BCUT2D eigenvalue weighted by Gasteiger charge is -2.19. The van der Waals surface area contributed by atoms with E-state index in [2.05, 4.69) is 15.2 Å². The van der Waals surface area contributed by atoms with E-state index in [0.29, 0.717) is 5.92 Å². The van der Waals surface area contributed by atoms with E-state index in [-0.39, 0.29) is 5.69 Å². The van der Waals surface area contributed by atoms with Gasteiger partial charge in [-0.2, -0.15) is 10.1 Å². The maximum absolute atomic E-state index is 10.7. The molecule has 0 aliphatic heterocycles. The molecule has 4 heteroatoms. The van der Waals surface area contributed by atoms with Gasteiger partial charge in [0, 0.05) is 5.92 Å². The fourth-order valence-corrected chi connectivity index (χ4v) is 1.89. The maximum Gasteiger partial charge on any atom is 0.361 e. The lowest BCUT2D eigenvalue weighted by Crippen LogP contribution is -2.16. The number of hydrogen-bond acceptors (Lipinski definition) is 3. The SMILES string of the molecule is O=c1ncc(C2CCCCC2)n[nH]1. The molecule has 1 N–H and O–H groups in total. The standard InChI is InChI=1S/C9H13N3O/c13-9-10-6-8(11-12-9)7-4-2-1-3-5-7/h6-7H,1-5H2,(H,10,12,13). The zero-order valence-corrected chi connectivity index (χ0v) is 7.49. The molecule has 1 saturated carbocycles. The number of nitrogens with one attached hydrogen (secondary N) is 1. The molecule has 0 bridgehead atoms. The van der Waals surface area contributed by atoms with E-state index in [0.717, 1.165) is 5.69 Å². The van der Waals surface area contributed by atoms with Gasteiger partial charge in [-0.05, 0) is 12.8 Å².